The molecule has 1 heterocycles. The fourth-order valence-corrected chi connectivity index (χ4v) is 3.54. The maximum Gasteiger partial charge on any atom is 0.338 e. The van der Waals surface area contributed by atoms with Gasteiger partial charge in [0, 0.05) is 19.2 Å². The van der Waals surface area contributed by atoms with Crippen molar-refractivity contribution in [2.75, 3.05) is 13.7 Å². The van der Waals surface area contributed by atoms with Crippen LogP contribution in [0.1, 0.15) is 28.3 Å². The molecule has 28 heavy (non-hydrogen) atoms. The standard InChI is InChI=1S/C19H17N3O5S/c1-12(18-20-15-5-3-4-6-16(15)28-18)21(2)17(23)11-27-19(24)13-7-9-14(10-8-13)22(25)26/h3-10,12H,11H2,1-2H3/t12-/m1/s1. The van der Waals surface area contributed by atoms with Gasteiger partial charge in [-0.05, 0) is 31.2 Å². The third-order valence-corrected chi connectivity index (χ3v) is 5.49. The number of esters is 1. The SMILES string of the molecule is C[C@H](c1nc2ccccc2s1)N(C)C(=O)COC(=O)c1ccc([N+](=O)[O-])cc1. The van der Waals surface area contributed by atoms with Crippen molar-refractivity contribution in [1.82, 2.24) is 9.88 Å². The summed E-state index contributed by atoms with van der Waals surface area (Å²) in [5, 5.41) is 11.4. The van der Waals surface area contributed by atoms with Gasteiger partial charge < -0.3 is 9.64 Å². The number of hydrogen-bond acceptors (Lipinski definition) is 7. The second kappa shape index (κ2) is 8.13. The molecule has 8 nitrogen and oxygen atoms in total. The number of aromatic nitrogens is 1. The van der Waals surface area contributed by atoms with Gasteiger partial charge in [0.15, 0.2) is 6.61 Å². The van der Waals surface area contributed by atoms with Crippen molar-refractivity contribution >= 4 is 39.1 Å². The van der Waals surface area contributed by atoms with Crippen molar-refractivity contribution in [3.05, 3.63) is 69.2 Å². The maximum absolute atomic E-state index is 12.4. The maximum atomic E-state index is 12.4. The third-order valence-electron chi connectivity index (χ3n) is 4.28. The van der Waals surface area contributed by atoms with Crippen LogP contribution in [-0.4, -0.2) is 40.3 Å². The first-order chi connectivity index (χ1) is 13.4. The number of rotatable bonds is 6. The molecule has 0 radical (unpaired) electrons. The number of carbonyl (C=O) groups excluding carboxylic acids is 2. The number of non-ortho nitro benzene ring substituents is 1. The molecule has 0 unspecified atom stereocenters. The van der Waals surface area contributed by atoms with E-state index < -0.39 is 17.5 Å². The van der Waals surface area contributed by atoms with E-state index in [1.165, 1.54) is 40.5 Å². The Morgan fingerprint density at radius 3 is 2.54 bits per heavy atom. The van der Waals surface area contributed by atoms with Crippen LogP contribution in [0.15, 0.2) is 48.5 Å². The number of ether oxygens (including phenoxy) is 1. The van der Waals surface area contributed by atoms with E-state index in [0.29, 0.717) is 0 Å². The van der Waals surface area contributed by atoms with Gasteiger partial charge in [0.1, 0.15) is 5.01 Å². The van der Waals surface area contributed by atoms with Crippen molar-refractivity contribution in [3.8, 4) is 0 Å². The summed E-state index contributed by atoms with van der Waals surface area (Å²) in [6.45, 7) is 1.43. The molecule has 0 fully saturated rings. The summed E-state index contributed by atoms with van der Waals surface area (Å²) in [6.07, 6.45) is 0. The van der Waals surface area contributed by atoms with Crippen molar-refractivity contribution < 1.29 is 19.2 Å². The molecule has 9 heteroatoms. The predicted octanol–water partition coefficient (Wildman–Crippen LogP) is 3.58. The molecule has 2 aromatic carbocycles. The summed E-state index contributed by atoms with van der Waals surface area (Å²) in [5.41, 5.74) is 0.886. The zero-order chi connectivity index (χ0) is 20.3. The number of benzene rings is 2. The van der Waals surface area contributed by atoms with Crippen molar-refractivity contribution in [3.63, 3.8) is 0 Å². The van der Waals surface area contributed by atoms with E-state index >= 15 is 0 Å². The number of para-hydroxylation sites is 1. The molecule has 0 aliphatic rings. The average Bonchev–Trinajstić information content (AvgIpc) is 3.14. The summed E-state index contributed by atoms with van der Waals surface area (Å²) in [5.74, 6) is -1.09. The molecular weight excluding hydrogens is 382 g/mol. The van der Waals surface area contributed by atoms with Crippen LogP contribution < -0.4 is 0 Å². The Labute approximate surface area is 164 Å². The van der Waals surface area contributed by atoms with Gasteiger partial charge in [-0.25, -0.2) is 9.78 Å². The topological polar surface area (TPSA) is 103 Å². The molecule has 0 saturated heterocycles. The molecule has 0 spiro atoms. The second-order valence-electron chi connectivity index (χ2n) is 6.08. The Kier molecular flexibility index (Phi) is 5.65. The smallest absolute Gasteiger partial charge is 0.338 e. The number of fused-ring (bicyclic) bond motifs is 1. The van der Waals surface area contributed by atoms with Crippen molar-refractivity contribution in [2.24, 2.45) is 0 Å². The number of likely N-dealkylation sites (N-methyl/N-ethyl adjacent to an activating group) is 1. The Morgan fingerprint density at radius 1 is 1.21 bits per heavy atom. The van der Waals surface area contributed by atoms with Crippen LogP contribution in [0.4, 0.5) is 5.69 Å². The minimum Gasteiger partial charge on any atom is -0.452 e. The van der Waals surface area contributed by atoms with Crippen molar-refractivity contribution in [2.45, 2.75) is 13.0 Å². The van der Waals surface area contributed by atoms with E-state index in [9.17, 15) is 19.7 Å². The molecule has 1 atom stereocenters. The largest absolute Gasteiger partial charge is 0.452 e. The van der Waals surface area contributed by atoms with Crippen LogP contribution in [0.2, 0.25) is 0 Å². The molecule has 0 aliphatic heterocycles. The highest BCUT2D eigenvalue weighted by molar-refractivity contribution is 7.18. The van der Waals surface area contributed by atoms with E-state index in [4.69, 9.17) is 4.74 Å². The number of nitro groups is 1. The number of carbonyl (C=O) groups is 2. The molecule has 3 aromatic rings. The van der Waals surface area contributed by atoms with E-state index in [2.05, 4.69) is 4.98 Å². The lowest BCUT2D eigenvalue weighted by Gasteiger charge is -2.23. The first-order valence-electron chi connectivity index (χ1n) is 8.39. The monoisotopic (exact) mass is 399 g/mol. The van der Waals surface area contributed by atoms with Gasteiger partial charge in [-0.3, -0.25) is 14.9 Å². The molecule has 0 bridgehead atoms. The predicted molar refractivity (Wildman–Crippen MR) is 104 cm³/mol. The quantitative estimate of drug-likeness (QED) is 0.357. The van der Waals surface area contributed by atoms with Crippen LogP contribution >= 0.6 is 11.3 Å². The number of hydrogen-bond donors (Lipinski definition) is 0. The van der Waals surface area contributed by atoms with Gasteiger partial charge in [0.25, 0.3) is 11.6 Å². The van der Waals surface area contributed by atoms with E-state index in [-0.39, 0.29) is 23.2 Å². The minimum absolute atomic E-state index is 0.128. The molecular formula is C19H17N3O5S. The summed E-state index contributed by atoms with van der Waals surface area (Å²) < 4.78 is 6.08. The lowest BCUT2D eigenvalue weighted by molar-refractivity contribution is -0.384. The van der Waals surface area contributed by atoms with Crippen LogP contribution in [0.5, 0.6) is 0 Å². The number of amides is 1. The van der Waals surface area contributed by atoms with Crippen LogP contribution in [0.3, 0.4) is 0 Å². The van der Waals surface area contributed by atoms with Gasteiger partial charge in [-0.15, -0.1) is 11.3 Å². The number of nitro benzene ring substituents is 1. The van der Waals surface area contributed by atoms with E-state index in [1.807, 2.05) is 31.2 Å². The first-order valence-corrected chi connectivity index (χ1v) is 9.21. The van der Waals surface area contributed by atoms with E-state index in [0.717, 1.165) is 15.2 Å². The molecule has 144 valence electrons. The normalized spacial score (nSPS) is 11.8. The highest BCUT2D eigenvalue weighted by atomic mass is 32.1. The minimum atomic E-state index is -0.718. The Bertz CT molecular complexity index is 998. The van der Waals surface area contributed by atoms with Crippen molar-refractivity contribution in [1.29, 1.82) is 0 Å². The zero-order valence-electron chi connectivity index (χ0n) is 15.2. The second-order valence-corrected chi connectivity index (χ2v) is 7.14. The van der Waals surface area contributed by atoms with Crippen LogP contribution in [0, 0.1) is 10.1 Å². The summed E-state index contributed by atoms with van der Waals surface area (Å²) in [4.78, 5) is 40.5. The molecule has 1 aromatic heterocycles. The van der Waals surface area contributed by atoms with Crippen LogP contribution in [0.25, 0.3) is 10.2 Å². The highest BCUT2D eigenvalue weighted by Crippen LogP contribution is 2.28. The summed E-state index contributed by atoms with van der Waals surface area (Å²) in [7, 11) is 1.62. The number of thiazole rings is 1. The third kappa shape index (κ3) is 4.15. The lowest BCUT2D eigenvalue weighted by atomic mass is 10.2. The van der Waals surface area contributed by atoms with Crippen LogP contribution in [-0.2, 0) is 9.53 Å². The molecule has 1 amide bonds. The zero-order valence-corrected chi connectivity index (χ0v) is 16.0. The van der Waals surface area contributed by atoms with E-state index in [1.54, 1.807) is 7.05 Å². The van der Waals surface area contributed by atoms with Gasteiger partial charge in [0.2, 0.25) is 0 Å². The fourth-order valence-electron chi connectivity index (χ4n) is 2.48. The highest BCUT2D eigenvalue weighted by Gasteiger charge is 2.22. The Morgan fingerprint density at radius 2 is 1.89 bits per heavy atom. The first kappa shape index (κ1) is 19.4. The Hall–Kier alpha value is -3.33. The van der Waals surface area contributed by atoms with Gasteiger partial charge in [0.05, 0.1) is 26.7 Å². The van der Waals surface area contributed by atoms with Gasteiger partial charge in [-0.2, -0.15) is 0 Å². The fraction of sp³-hybridized carbons (Fsp3) is 0.211. The lowest BCUT2D eigenvalue weighted by Crippen LogP contribution is -2.33. The molecule has 3 rings (SSSR count). The number of nitrogens with zero attached hydrogens (tertiary/aromatic N) is 3. The Balaban J connectivity index is 1.60. The molecule has 0 N–H and O–H groups in total. The van der Waals surface area contributed by atoms with Gasteiger partial charge in [-0.1, -0.05) is 12.1 Å². The van der Waals surface area contributed by atoms with Gasteiger partial charge >= 0.3 is 5.97 Å². The average molecular weight is 399 g/mol. The molecule has 0 saturated carbocycles. The summed E-state index contributed by atoms with van der Waals surface area (Å²) >= 11 is 1.51. The molecule has 0 aliphatic carbocycles. The summed E-state index contributed by atoms with van der Waals surface area (Å²) in [6, 6.07) is 12.4.